The fourth-order valence-electron chi connectivity index (χ4n) is 0.608. The highest BCUT2D eigenvalue weighted by Crippen LogP contribution is 2.21. The van der Waals surface area contributed by atoms with E-state index < -0.39 is 24.2 Å². The third-order valence-corrected chi connectivity index (χ3v) is 1.30. The predicted octanol–water partition coefficient (Wildman–Crippen LogP) is 1.40. The van der Waals surface area contributed by atoms with Gasteiger partial charge in [-0.25, -0.2) is 0 Å². The van der Waals surface area contributed by atoms with Crippen molar-refractivity contribution in [2.75, 3.05) is 6.61 Å². The van der Waals surface area contributed by atoms with Crippen LogP contribution in [-0.4, -0.2) is 28.8 Å². The van der Waals surface area contributed by atoms with Crippen molar-refractivity contribution in [3.05, 3.63) is 0 Å². The van der Waals surface area contributed by atoms with Gasteiger partial charge in [-0.1, -0.05) is 12.1 Å². The second kappa shape index (κ2) is 4.30. The van der Waals surface area contributed by atoms with Gasteiger partial charge >= 0.3 is 6.18 Å². The third-order valence-electron chi connectivity index (χ3n) is 1.30. The summed E-state index contributed by atoms with van der Waals surface area (Å²) < 4.78 is 35.5. The van der Waals surface area contributed by atoms with Gasteiger partial charge < -0.3 is 10.3 Å². The number of oxime groups is 1. The average molecular weight is 185 g/mol. The Morgan fingerprint density at radius 2 is 2.00 bits per heavy atom. The topological polar surface area (TPSA) is 52.8 Å². The first kappa shape index (κ1) is 11.2. The van der Waals surface area contributed by atoms with E-state index in [4.69, 9.17) is 10.3 Å². The maximum atomic E-state index is 11.8. The Hall–Kier alpha value is -0.780. The van der Waals surface area contributed by atoms with Crippen LogP contribution >= 0.6 is 0 Å². The normalized spacial score (nSPS) is 16.2. The molecule has 0 aliphatic rings. The predicted molar refractivity (Wildman–Crippen MR) is 36.1 cm³/mol. The Morgan fingerprint density at radius 1 is 1.50 bits per heavy atom. The molecule has 0 rings (SSSR count). The van der Waals surface area contributed by atoms with Crippen molar-refractivity contribution >= 4 is 5.71 Å². The molecule has 0 aromatic rings. The molecule has 2 N–H and O–H groups in total. The summed E-state index contributed by atoms with van der Waals surface area (Å²) in [6.45, 7) is 1.06. The zero-order chi connectivity index (χ0) is 9.78. The summed E-state index contributed by atoms with van der Waals surface area (Å²) in [5.74, 6) is -0.558. The van der Waals surface area contributed by atoms with Crippen LogP contribution in [0.5, 0.6) is 0 Å². The number of aliphatic hydroxyl groups excluding tert-OH is 1. The molecule has 0 saturated carbocycles. The van der Waals surface area contributed by atoms with E-state index in [1.807, 2.05) is 0 Å². The van der Waals surface area contributed by atoms with E-state index in [-0.39, 0.29) is 6.61 Å². The smallest absolute Gasteiger partial charge is 0.411 e. The monoisotopic (exact) mass is 185 g/mol. The molecule has 0 saturated heterocycles. The molecule has 0 aliphatic heterocycles. The van der Waals surface area contributed by atoms with Gasteiger partial charge in [0.25, 0.3) is 0 Å². The van der Waals surface area contributed by atoms with Crippen molar-refractivity contribution in [3.63, 3.8) is 0 Å². The second-order valence-electron chi connectivity index (χ2n) is 2.54. The third kappa shape index (κ3) is 3.56. The molecule has 6 heteroatoms. The summed E-state index contributed by atoms with van der Waals surface area (Å²) in [4.78, 5) is 0. The van der Waals surface area contributed by atoms with E-state index in [1.54, 1.807) is 0 Å². The summed E-state index contributed by atoms with van der Waals surface area (Å²) in [5, 5.41) is 18.6. The summed E-state index contributed by atoms with van der Waals surface area (Å²) >= 11 is 0. The summed E-state index contributed by atoms with van der Waals surface area (Å²) in [7, 11) is 0. The van der Waals surface area contributed by atoms with E-state index in [2.05, 4.69) is 5.16 Å². The van der Waals surface area contributed by atoms with Crippen LogP contribution in [0, 0.1) is 5.92 Å². The molecule has 0 aliphatic carbocycles. The maximum absolute atomic E-state index is 11.8. The van der Waals surface area contributed by atoms with Crippen LogP contribution in [0.2, 0.25) is 0 Å². The summed E-state index contributed by atoms with van der Waals surface area (Å²) in [5.41, 5.74) is -1.26. The Bertz CT molecular complexity index is 167. The summed E-state index contributed by atoms with van der Waals surface area (Å²) in [6, 6.07) is 0. The number of hydrogen-bond donors (Lipinski definition) is 2. The largest absolute Gasteiger partial charge is 0.432 e. The van der Waals surface area contributed by atoms with Crippen molar-refractivity contribution < 1.29 is 23.5 Å². The zero-order valence-corrected chi connectivity index (χ0v) is 6.47. The van der Waals surface area contributed by atoms with Crippen LogP contribution < -0.4 is 0 Å². The van der Waals surface area contributed by atoms with Gasteiger partial charge in [0.15, 0.2) is 5.71 Å². The van der Waals surface area contributed by atoms with E-state index in [0.717, 1.165) is 0 Å². The van der Waals surface area contributed by atoms with Crippen LogP contribution in [0.25, 0.3) is 0 Å². The molecule has 0 fully saturated rings. The minimum atomic E-state index is -4.61. The first-order chi connectivity index (χ1) is 5.41. The van der Waals surface area contributed by atoms with Crippen molar-refractivity contribution in [1.82, 2.24) is 0 Å². The number of aliphatic hydroxyl groups is 1. The molecule has 0 bridgehead atoms. The lowest BCUT2D eigenvalue weighted by Gasteiger charge is -2.11. The van der Waals surface area contributed by atoms with Gasteiger partial charge in [0.2, 0.25) is 0 Å². The molecule has 0 radical (unpaired) electrons. The lowest BCUT2D eigenvalue weighted by molar-refractivity contribution is -0.0635. The molecule has 0 heterocycles. The quantitative estimate of drug-likeness (QED) is 0.396. The van der Waals surface area contributed by atoms with Gasteiger partial charge in [-0.3, -0.25) is 0 Å². The molecular formula is C6H10F3NO2. The molecular weight excluding hydrogens is 175 g/mol. The highest BCUT2D eigenvalue weighted by molar-refractivity contribution is 5.89. The van der Waals surface area contributed by atoms with Gasteiger partial charge in [-0.15, -0.1) is 0 Å². The van der Waals surface area contributed by atoms with Crippen molar-refractivity contribution in [2.45, 2.75) is 19.5 Å². The average Bonchev–Trinajstić information content (AvgIpc) is 1.97. The molecule has 0 aromatic heterocycles. The fraction of sp³-hybridized carbons (Fsp3) is 0.833. The van der Waals surface area contributed by atoms with Crippen molar-refractivity contribution in [2.24, 2.45) is 11.1 Å². The molecule has 1 atom stereocenters. The van der Waals surface area contributed by atoms with Crippen LogP contribution in [-0.2, 0) is 0 Å². The highest BCUT2D eigenvalue weighted by Gasteiger charge is 2.36. The number of nitrogens with zero attached hydrogens (tertiary/aromatic N) is 1. The highest BCUT2D eigenvalue weighted by atomic mass is 19.4. The Morgan fingerprint density at radius 3 is 2.25 bits per heavy atom. The number of hydrogen-bond acceptors (Lipinski definition) is 3. The molecule has 0 spiro atoms. The van der Waals surface area contributed by atoms with E-state index >= 15 is 0 Å². The van der Waals surface area contributed by atoms with Crippen LogP contribution in [0.3, 0.4) is 0 Å². The lowest BCUT2D eigenvalue weighted by Crippen LogP contribution is -2.25. The molecule has 3 nitrogen and oxygen atoms in total. The summed E-state index contributed by atoms with van der Waals surface area (Å²) in [6.07, 6.45) is -5.09. The second-order valence-corrected chi connectivity index (χ2v) is 2.54. The minimum Gasteiger partial charge on any atom is -0.411 e. The lowest BCUT2D eigenvalue weighted by atomic mass is 10.1. The number of alkyl halides is 3. The fourth-order valence-corrected chi connectivity index (χ4v) is 0.608. The van der Waals surface area contributed by atoms with E-state index in [0.29, 0.717) is 0 Å². The van der Waals surface area contributed by atoms with Gasteiger partial charge in [0, 0.05) is 13.0 Å². The first-order valence-corrected chi connectivity index (χ1v) is 3.30. The van der Waals surface area contributed by atoms with Gasteiger partial charge in [-0.2, -0.15) is 13.2 Å². The maximum Gasteiger partial charge on any atom is 0.432 e. The molecule has 0 aromatic carbocycles. The van der Waals surface area contributed by atoms with E-state index in [1.165, 1.54) is 6.92 Å². The molecule has 1 unspecified atom stereocenters. The van der Waals surface area contributed by atoms with Crippen LogP contribution in [0.4, 0.5) is 13.2 Å². The van der Waals surface area contributed by atoms with Crippen LogP contribution in [0.1, 0.15) is 13.3 Å². The first-order valence-electron chi connectivity index (χ1n) is 3.30. The number of halogens is 3. The van der Waals surface area contributed by atoms with Gasteiger partial charge in [0.1, 0.15) is 0 Å². The minimum absolute atomic E-state index is 0.366. The number of rotatable bonds is 3. The Kier molecular flexibility index (Phi) is 4.02. The van der Waals surface area contributed by atoms with Gasteiger partial charge in [0.05, 0.1) is 0 Å². The van der Waals surface area contributed by atoms with Crippen molar-refractivity contribution in [3.8, 4) is 0 Å². The van der Waals surface area contributed by atoms with Gasteiger partial charge in [-0.05, 0) is 5.92 Å². The zero-order valence-electron chi connectivity index (χ0n) is 6.47. The Labute approximate surface area is 67.5 Å². The Balaban J connectivity index is 4.22. The molecule has 72 valence electrons. The van der Waals surface area contributed by atoms with E-state index in [9.17, 15) is 13.2 Å². The molecule has 12 heavy (non-hydrogen) atoms. The molecule has 0 amide bonds. The standard InChI is InChI=1S/C6H10F3NO2/c1-4(3-11)2-5(10-12)6(7,8)9/h4,11-12H,2-3H2,1H3/b10-5+. The van der Waals surface area contributed by atoms with Crippen molar-refractivity contribution in [1.29, 1.82) is 0 Å². The SMILES string of the molecule is CC(CO)C/C(=N\O)C(F)(F)F. The van der Waals surface area contributed by atoms with Crippen LogP contribution in [0.15, 0.2) is 5.16 Å².